The zero-order chi connectivity index (χ0) is 16.8. The standard InChI is InChI=1S/C17H19FN4O/c1-11-3-6-15(9-12(11)2)22-17(19)20-10-16(23)21-14-7-4-13(18)5-8-14/h3-9H,10H2,1-2H3,(H,21,23)(H3,19,20,22). The molecule has 0 saturated carbocycles. The number of halogens is 1. The van der Waals surface area contributed by atoms with Gasteiger partial charge in [0.15, 0.2) is 5.96 Å². The van der Waals surface area contributed by atoms with Gasteiger partial charge in [-0.1, -0.05) is 6.07 Å². The molecule has 0 radical (unpaired) electrons. The van der Waals surface area contributed by atoms with E-state index in [1.54, 1.807) is 0 Å². The molecule has 0 atom stereocenters. The summed E-state index contributed by atoms with van der Waals surface area (Å²) in [6.45, 7) is 3.90. The van der Waals surface area contributed by atoms with Crippen LogP contribution in [0.3, 0.4) is 0 Å². The van der Waals surface area contributed by atoms with Crippen molar-refractivity contribution >= 4 is 23.2 Å². The molecule has 6 heteroatoms. The molecule has 5 nitrogen and oxygen atoms in total. The van der Waals surface area contributed by atoms with E-state index in [0.29, 0.717) is 5.69 Å². The summed E-state index contributed by atoms with van der Waals surface area (Å²) in [5, 5.41) is 5.54. The summed E-state index contributed by atoms with van der Waals surface area (Å²) in [6, 6.07) is 11.3. The van der Waals surface area contributed by atoms with Crippen LogP contribution in [0.25, 0.3) is 0 Å². The van der Waals surface area contributed by atoms with Gasteiger partial charge in [0.25, 0.3) is 0 Å². The number of hydrogen-bond donors (Lipinski definition) is 3. The van der Waals surface area contributed by atoms with E-state index in [-0.39, 0.29) is 24.2 Å². The van der Waals surface area contributed by atoms with Gasteiger partial charge in [-0.25, -0.2) is 9.38 Å². The van der Waals surface area contributed by atoms with Crippen molar-refractivity contribution in [1.29, 1.82) is 0 Å². The van der Waals surface area contributed by atoms with Crippen LogP contribution >= 0.6 is 0 Å². The van der Waals surface area contributed by atoms with Crippen LogP contribution in [-0.2, 0) is 4.79 Å². The van der Waals surface area contributed by atoms with Gasteiger partial charge in [-0.15, -0.1) is 0 Å². The molecule has 120 valence electrons. The lowest BCUT2D eigenvalue weighted by Crippen LogP contribution is -2.25. The summed E-state index contributed by atoms with van der Waals surface area (Å²) in [7, 11) is 0. The van der Waals surface area contributed by atoms with Crippen LogP contribution in [0.1, 0.15) is 11.1 Å². The van der Waals surface area contributed by atoms with E-state index in [1.807, 2.05) is 32.0 Å². The number of aryl methyl sites for hydroxylation is 2. The summed E-state index contributed by atoms with van der Waals surface area (Å²) >= 11 is 0. The number of carbonyl (C=O) groups excluding carboxylic acids is 1. The Morgan fingerprint density at radius 2 is 1.70 bits per heavy atom. The van der Waals surface area contributed by atoms with Gasteiger partial charge in [0.05, 0.1) is 0 Å². The smallest absolute Gasteiger partial charge is 0.246 e. The van der Waals surface area contributed by atoms with Gasteiger partial charge in [-0.05, 0) is 61.4 Å². The first kappa shape index (κ1) is 16.5. The number of carbonyl (C=O) groups is 1. The number of benzene rings is 2. The van der Waals surface area contributed by atoms with Crippen LogP contribution in [0.4, 0.5) is 15.8 Å². The number of nitrogens with zero attached hydrogens (tertiary/aromatic N) is 1. The first-order chi connectivity index (χ1) is 10.9. The molecule has 0 aromatic heterocycles. The van der Waals surface area contributed by atoms with Crippen molar-refractivity contribution in [2.24, 2.45) is 10.7 Å². The molecule has 0 heterocycles. The molecular weight excluding hydrogens is 295 g/mol. The minimum Gasteiger partial charge on any atom is -0.370 e. The molecule has 4 N–H and O–H groups in total. The Balaban J connectivity index is 1.89. The quantitative estimate of drug-likeness (QED) is 0.600. The number of nitrogens with one attached hydrogen (secondary N) is 2. The van der Waals surface area contributed by atoms with Crippen LogP contribution in [0.5, 0.6) is 0 Å². The Morgan fingerprint density at radius 1 is 1.04 bits per heavy atom. The zero-order valence-electron chi connectivity index (χ0n) is 13.1. The van der Waals surface area contributed by atoms with Crippen LogP contribution in [0.2, 0.25) is 0 Å². The molecule has 0 aliphatic rings. The molecule has 23 heavy (non-hydrogen) atoms. The average Bonchev–Trinajstić information content (AvgIpc) is 2.51. The molecule has 0 spiro atoms. The molecule has 0 fully saturated rings. The molecular formula is C17H19FN4O. The number of hydrogen-bond acceptors (Lipinski definition) is 2. The van der Waals surface area contributed by atoms with Crippen LogP contribution in [0.15, 0.2) is 47.5 Å². The molecule has 0 bridgehead atoms. The van der Waals surface area contributed by atoms with E-state index in [0.717, 1.165) is 11.3 Å². The number of amides is 1. The predicted octanol–water partition coefficient (Wildman–Crippen LogP) is 2.81. The van der Waals surface area contributed by atoms with Crippen LogP contribution in [-0.4, -0.2) is 18.4 Å². The van der Waals surface area contributed by atoms with Crippen molar-refractivity contribution in [2.45, 2.75) is 13.8 Å². The molecule has 0 unspecified atom stereocenters. The fourth-order valence-corrected chi connectivity index (χ4v) is 1.90. The van der Waals surface area contributed by atoms with Gasteiger partial charge in [0.2, 0.25) is 5.91 Å². The molecule has 2 aromatic rings. The van der Waals surface area contributed by atoms with E-state index in [2.05, 4.69) is 15.6 Å². The number of rotatable bonds is 4. The zero-order valence-corrected chi connectivity index (χ0v) is 13.1. The van der Waals surface area contributed by atoms with E-state index in [4.69, 9.17) is 5.73 Å². The van der Waals surface area contributed by atoms with Gasteiger partial charge in [0, 0.05) is 11.4 Å². The lowest BCUT2D eigenvalue weighted by Gasteiger charge is -2.08. The Labute approximate surface area is 134 Å². The third-order valence-electron chi connectivity index (χ3n) is 3.30. The maximum absolute atomic E-state index is 12.8. The second-order valence-electron chi connectivity index (χ2n) is 5.18. The highest BCUT2D eigenvalue weighted by atomic mass is 19.1. The van der Waals surface area contributed by atoms with E-state index in [9.17, 15) is 9.18 Å². The Hall–Kier alpha value is -2.89. The Morgan fingerprint density at radius 3 is 2.35 bits per heavy atom. The van der Waals surface area contributed by atoms with Gasteiger partial charge >= 0.3 is 0 Å². The number of nitrogens with two attached hydrogens (primary N) is 1. The normalized spacial score (nSPS) is 11.2. The molecule has 2 rings (SSSR count). The van der Waals surface area contributed by atoms with Crippen molar-refractivity contribution in [1.82, 2.24) is 0 Å². The topological polar surface area (TPSA) is 79.5 Å². The maximum Gasteiger partial charge on any atom is 0.246 e. The number of guanidine groups is 1. The lowest BCUT2D eigenvalue weighted by molar-refractivity contribution is -0.114. The first-order valence-corrected chi connectivity index (χ1v) is 7.13. The maximum atomic E-state index is 12.8. The lowest BCUT2D eigenvalue weighted by atomic mass is 10.1. The van der Waals surface area contributed by atoms with Crippen LogP contribution < -0.4 is 16.4 Å². The van der Waals surface area contributed by atoms with E-state index in [1.165, 1.54) is 29.8 Å². The third kappa shape index (κ3) is 5.10. The van der Waals surface area contributed by atoms with Crippen molar-refractivity contribution in [3.63, 3.8) is 0 Å². The average molecular weight is 314 g/mol. The summed E-state index contributed by atoms with van der Waals surface area (Å²) in [4.78, 5) is 15.7. The van der Waals surface area contributed by atoms with E-state index >= 15 is 0 Å². The molecule has 0 aliphatic carbocycles. The van der Waals surface area contributed by atoms with E-state index < -0.39 is 0 Å². The predicted molar refractivity (Wildman–Crippen MR) is 91.1 cm³/mol. The highest BCUT2D eigenvalue weighted by Gasteiger charge is 2.03. The van der Waals surface area contributed by atoms with Crippen LogP contribution in [0, 0.1) is 19.7 Å². The Kier molecular flexibility index (Phi) is 5.30. The summed E-state index contributed by atoms with van der Waals surface area (Å²) in [5.74, 6) is -0.535. The first-order valence-electron chi connectivity index (χ1n) is 7.13. The van der Waals surface area contributed by atoms with Gasteiger partial charge in [-0.2, -0.15) is 0 Å². The largest absolute Gasteiger partial charge is 0.370 e. The molecule has 0 saturated heterocycles. The minimum atomic E-state index is -0.358. The summed E-state index contributed by atoms with van der Waals surface area (Å²) in [6.07, 6.45) is 0. The second kappa shape index (κ2) is 7.40. The summed E-state index contributed by atoms with van der Waals surface area (Å²) in [5.41, 5.74) is 9.41. The highest BCUT2D eigenvalue weighted by Crippen LogP contribution is 2.13. The van der Waals surface area contributed by atoms with Gasteiger partial charge in [-0.3, -0.25) is 4.79 Å². The molecule has 1 amide bonds. The van der Waals surface area contributed by atoms with Crippen molar-refractivity contribution in [3.8, 4) is 0 Å². The van der Waals surface area contributed by atoms with Crippen molar-refractivity contribution in [2.75, 3.05) is 17.2 Å². The fourth-order valence-electron chi connectivity index (χ4n) is 1.90. The van der Waals surface area contributed by atoms with Crippen molar-refractivity contribution < 1.29 is 9.18 Å². The second-order valence-corrected chi connectivity index (χ2v) is 5.18. The third-order valence-corrected chi connectivity index (χ3v) is 3.30. The monoisotopic (exact) mass is 314 g/mol. The SMILES string of the molecule is Cc1ccc(NC(N)=NCC(=O)Nc2ccc(F)cc2)cc1C. The van der Waals surface area contributed by atoms with Gasteiger partial charge < -0.3 is 16.4 Å². The minimum absolute atomic E-state index is 0.124. The Bertz CT molecular complexity index is 726. The number of aliphatic imine (C=N–C) groups is 1. The van der Waals surface area contributed by atoms with Gasteiger partial charge in [0.1, 0.15) is 12.4 Å². The molecule has 2 aromatic carbocycles. The number of anilines is 2. The summed E-state index contributed by atoms with van der Waals surface area (Å²) < 4.78 is 12.8. The molecule has 0 aliphatic heterocycles. The fraction of sp³-hybridized carbons (Fsp3) is 0.176. The van der Waals surface area contributed by atoms with Crippen molar-refractivity contribution in [3.05, 3.63) is 59.4 Å². The highest BCUT2D eigenvalue weighted by molar-refractivity contribution is 5.97.